The Kier molecular flexibility index (Phi) is 6.79. The van der Waals surface area contributed by atoms with Gasteiger partial charge in [-0.25, -0.2) is 17.2 Å². The normalized spacial score (nSPS) is 11.9. The first-order chi connectivity index (χ1) is 15.0. The van der Waals surface area contributed by atoms with Crippen molar-refractivity contribution in [3.63, 3.8) is 0 Å². The molecule has 0 saturated carbocycles. The van der Waals surface area contributed by atoms with Crippen LogP contribution >= 0.6 is 0 Å². The third kappa shape index (κ3) is 5.05. The van der Waals surface area contributed by atoms with Gasteiger partial charge in [0.1, 0.15) is 5.60 Å². The highest BCUT2D eigenvalue weighted by molar-refractivity contribution is 7.90. The Bertz CT molecular complexity index is 1180. The molecule has 0 fully saturated rings. The summed E-state index contributed by atoms with van der Waals surface area (Å²) in [7, 11) is -2.18. The summed E-state index contributed by atoms with van der Waals surface area (Å²) in [6.07, 6.45) is 1.78. The van der Waals surface area contributed by atoms with Crippen LogP contribution in [0.1, 0.15) is 38.8 Å². The molecule has 0 bridgehead atoms. The van der Waals surface area contributed by atoms with Gasteiger partial charge in [-0.15, -0.1) is 0 Å². The maximum atomic E-state index is 13.6. The van der Waals surface area contributed by atoms with E-state index in [1.54, 1.807) is 43.6 Å². The van der Waals surface area contributed by atoms with Crippen LogP contribution in [0.25, 0.3) is 11.3 Å². The van der Waals surface area contributed by atoms with Crippen LogP contribution in [0.5, 0.6) is 0 Å². The average Bonchev–Trinajstić information content (AvgIpc) is 3.12. The van der Waals surface area contributed by atoms with Crippen LogP contribution in [0.3, 0.4) is 0 Å². The molecular weight excluding hydrogens is 424 g/mol. The summed E-state index contributed by atoms with van der Waals surface area (Å²) >= 11 is 0. The highest BCUT2D eigenvalue weighted by atomic mass is 32.2. The predicted molar refractivity (Wildman–Crippen MR) is 126 cm³/mol. The van der Waals surface area contributed by atoms with Crippen molar-refractivity contribution in [1.29, 1.82) is 0 Å². The molecule has 3 aromatic rings. The number of hydrogen-bond acceptors (Lipinski definition) is 4. The second kappa shape index (κ2) is 9.20. The summed E-state index contributed by atoms with van der Waals surface area (Å²) in [5.74, 6) is 0. The second-order valence-corrected chi connectivity index (χ2v) is 10.5. The van der Waals surface area contributed by atoms with Gasteiger partial charge in [-0.05, 0) is 56.0 Å². The topological polar surface area (TPSA) is 68.6 Å². The van der Waals surface area contributed by atoms with Gasteiger partial charge in [0.25, 0.3) is 10.0 Å². The molecule has 0 aliphatic carbocycles. The Morgan fingerprint density at radius 3 is 2.09 bits per heavy atom. The highest BCUT2D eigenvalue weighted by Crippen LogP contribution is 2.33. The van der Waals surface area contributed by atoms with Crippen molar-refractivity contribution in [2.75, 3.05) is 7.05 Å². The van der Waals surface area contributed by atoms with Crippen molar-refractivity contribution < 1.29 is 17.9 Å². The van der Waals surface area contributed by atoms with E-state index in [-0.39, 0.29) is 11.4 Å². The molecule has 0 aliphatic rings. The van der Waals surface area contributed by atoms with E-state index in [4.69, 9.17) is 4.74 Å². The minimum absolute atomic E-state index is 0.210. The molecule has 0 radical (unpaired) electrons. The fourth-order valence-electron chi connectivity index (χ4n) is 3.55. The van der Waals surface area contributed by atoms with Crippen LogP contribution < -0.4 is 0 Å². The second-order valence-electron chi connectivity index (χ2n) is 8.65. The summed E-state index contributed by atoms with van der Waals surface area (Å²) in [4.78, 5) is 14.2. The number of carbonyl (C=O) groups excluding carboxylic acids is 1. The number of benzene rings is 2. The Balaban J connectivity index is 2.14. The van der Waals surface area contributed by atoms with E-state index in [0.717, 1.165) is 16.7 Å². The first kappa shape index (κ1) is 23.6. The SMILES string of the molecule is CCc1c(CN(C)C(=O)OC(C)(C)C)cn(S(=O)(=O)c2ccccc2)c1-c1ccccc1. The summed E-state index contributed by atoms with van der Waals surface area (Å²) < 4.78 is 34.0. The van der Waals surface area contributed by atoms with Gasteiger partial charge in [-0.2, -0.15) is 0 Å². The van der Waals surface area contributed by atoms with Crippen LogP contribution in [0.4, 0.5) is 4.79 Å². The van der Waals surface area contributed by atoms with Gasteiger partial charge in [-0.3, -0.25) is 0 Å². The fraction of sp³-hybridized carbons (Fsp3) is 0.320. The predicted octanol–water partition coefficient (Wildman–Crippen LogP) is 5.32. The zero-order valence-corrected chi connectivity index (χ0v) is 20.0. The lowest BCUT2D eigenvalue weighted by atomic mass is 10.0. The van der Waals surface area contributed by atoms with Gasteiger partial charge in [0.05, 0.1) is 17.1 Å². The monoisotopic (exact) mass is 454 g/mol. The van der Waals surface area contributed by atoms with E-state index in [1.165, 1.54) is 8.87 Å². The first-order valence-electron chi connectivity index (χ1n) is 10.6. The first-order valence-corrected chi connectivity index (χ1v) is 12.0. The molecule has 0 atom stereocenters. The molecule has 1 amide bonds. The van der Waals surface area contributed by atoms with Crippen molar-refractivity contribution in [2.45, 2.75) is 51.2 Å². The Labute approximate surface area is 190 Å². The minimum atomic E-state index is -3.83. The van der Waals surface area contributed by atoms with E-state index in [1.807, 2.05) is 58.0 Å². The van der Waals surface area contributed by atoms with Crippen LogP contribution in [0, 0.1) is 0 Å². The quantitative estimate of drug-likeness (QED) is 0.505. The minimum Gasteiger partial charge on any atom is -0.444 e. The summed E-state index contributed by atoms with van der Waals surface area (Å²) in [5, 5.41) is 0. The van der Waals surface area contributed by atoms with Crippen molar-refractivity contribution in [2.24, 2.45) is 0 Å². The maximum absolute atomic E-state index is 13.6. The Morgan fingerprint density at radius 1 is 1.00 bits per heavy atom. The van der Waals surface area contributed by atoms with Crippen molar-refractivity contribution in [1.82, 2.24) is 8.87 Å². The van der Waals surface area contributed by atoms with Crippen LogP contribution in [-0.2, 0) is 27.7 Å². The maximum Gasteiger partial charge on any atom is 0.410 e. The van der Waals surface area contributed by atoms with E-state index in [9.17, 15) is 13.2 Å². The number of aromatic nitrogens is 1. The summed E-state index contributed by atoms with van der Waals surface area (Å²) in [6, 6.07) is 17.8. The standard InChI is InChI=1S/C25H30N2O4S/c1-6-22-20(17-26(5)24(28)31-25(2,3)4)18-27(23(22)19-13-9-7-10-14-19)32(29,30)21-15-11-8-12-16-21/h7-16,18H,6,17H2,1-5H3. The number of nitrogens with zero attached hydrogens (tertiary/aromatic N) is 2. The third-order valence-electron chi connectivity index (χ3n) is 4.98. The van der Waals surface area contributed by atoms with Gasteiger partial charge >= 0.3 is 6.09 Å². The molecular formula is C25H30N2O4S. The van der Waals surface area contributed by atoms with E-state index in [2.05, 4.69) is 0 Å². The molecule has 0 unspecified atom stereocenters. The van der Waals surface area contributed by atoms with Crippen molar-refractivity contribution in [3.05, 3.63) is 78.0 Å². The third-order valence-corrected chi connectivity index (χ3v) is 6.65. The number of rotatable bonds is 6. The molecule has 1 heterocycles. The van der Waals surface area contributed by atoms with Crippen LogP contribution in [-0.4, -0.2) is 36.0 Å². The molecule has 2 aromatic carbocycles. The van der Waals surface area contributed by atoms with Crippen LogP contribution in [0.2, 0.25) is 0 Å². The van der Waals surface area contributed by atoms with E-state index in [0.29, 0.717) is 12.1 Å². The molecule has 0 N–H and O–H groups in total. The van der Waals surface area contributed by atoms with Crippen LogP contribution in [0.15, 0.2) is 71.8 Å². The zero-order valence-electron chi connectivity index (χ0n) is 19.2. The van der Waals surface area contributed by atoms with Gasteiger partial charge in [0.2, 0.25) is 0 Å². The highest BCUT2D eigenvalue weighted by Gasteiger charge is 2.27. The number of ether oxygens (including phenoxy) is 1. The number of amides is 1. The van der Waals surface area contributed by atoms with Gasteiger partial charge in [0.15, 0.2) is 0 Å². The lowest BCUT2D eigenvalue weighted by Crippen LogP contribution is -2.33. The lowest BCUT2D eigenvalue weighted by molar-refractivity contribution is 0.0285. The molecule has 32 heavy (non-hydrogen) atoms. The largest absolute Gasteiger partial charge is 0.444 e. The van der Waals surface area contributed by atoms with Crippen molar-refractivity contribution in [3.8, 4) is 11.3 Å². The Hall–Kier alpha value is -3.06. The average molecular weight is 455 g/mol. The number of carbonyl (C=O) groups is 1. The Morgan fingerprint density at radius 2 is 1.56 bits per heavy atom. The lowest BCUT2D eigenvalue weighted by Gasteiger charge is -2.24. The number of hydrogen-bond donors (Lipinski definition) is 0. The van der Waals surface area contributed by atoms with Gasteiger partial charge < -0.3 is 9.64 Å². The molecule has 0 aliphatic heterocycles. The smallest absolute Gasteiger partial charge is 0.410 e. The van der Waals surface area contributed by atoms with E-state index < -0.39 is 21.7 Å². The summed E-state index contributed by atoms with van der Waals surface area (Å²) in [6.45, 7) is 7.65. The van der Waals surface area contributed by atoms with E-state index >= 15 is 0 Å². The molecule has 0 spiro atoms. The molecule has 7 heteroatoms. The van der Waals surface area contributed by atoms with Gasteiger partial charge in [-0.1, -0.05) is 55.5 Å². The zero-order chi connectivity index (χ0) is 23.5. The molecule has 1 aromatic heterocycles. The molecule has 170 valence electrons. The fourth-order valence-corrected chi connectivity index (χ4v) is 5.00. The molecule has 6 nitrogen and oxygen atoms in total. The molecule has 3 rings (SSSR count). The molecule has 0 saturated heterocycles. The summed E-state index contributed by atoms with van der Waals surface area (Å²) in [5.41, 5.74) is 2.45. The van der Waals surface area contributed by atoms with Crippen molar-refractivity contribution >= 4 is 16.1 Å². The van der Waals surface area contributed by atoms with Gasteiger partial charge in [0, 0.05) is 13.2 Å².